The summed E-state index contributed by atoms with van der Waals surface area (Å²) in [6.45, 7) is 3.37. The molecule has 0 aliphatic carbocycles. The highest BCUT2D eigenvalue weighted by atomic mass is 32.2. The zero-order valence-electron chi connectivity index (χ0n) is 13.0. The Kier molecular flexibility index (Phi) is 5.77. The number of hydrogen-bond donors (Lipinski definition) is 1. The zero-order chi connectivity index (χ0) is 16.9. The Bertz CT molecular complexity index is 716. The first-order valence-corrected chi connectivity index (χ1v) is 8.87. The molecule has 1 fully saturated rings. The van der Waals surface area contributed by atoms with Gasteiger partial charge in [-0.2, -0.15) is 4.31 Å². The van der Waals surface area contributed by atoms with Crippen LogP contribution >= 0.6 is 0 Å². The summed E-state index contributed by atoms with van der Waals surface area (Å²) in [5.41, 5.74) is 0.967. The van der Waals surface area contributed by atoms with Crippen LogP contribution in [0.4, 0.5) is 0 Å². The largest absolute Gasteiger partial charge is 0.379 e. The van der Waals surface area contributed by atoms with E-state index in [4.69, 9.17) is 11.2 Å². The van der Waals surface area contributed by atoms with Crippen molar-refractivity contribution < 1.29 is 17.9 Å². The van der Waals surface area contributed by atoms with Crippen molar-refractivity contribution in [1.82, 2.24) is 9.62 Å². The molecule has 0 unspecified atom stereocenters. The second kappa shape index (κ2) is 7.59. The van der Waals surface area contributed by atoms with Crippen LogP contribution in [-0.2, 0) is 21.2 Å². The summed E-state index contributed by atoms with van der Waals surface area (Å²) in [5, 5.41) is 2.54. The number of amides is 1. The van der Waals surface area contributed by atoms with E-state index >= 15 is 0 Å². The third-order valence-corrected chi connectivity index (χ3v) is 5.63. The fourth-order valence-electron chi connectivity index (χ4n) is 2.39. The van der Waals surface area contributed by atoms with Gasteiger partial charge in [-0.1, -0.05) is 18.9 Å². The van der Waals surface area contributed by atoms with Gasteiger partial charge in [0.2, 0.25) is 10.0 Å². The number of sulfonamides is 1. The van der Waals surface area contributed by atoms with Gasteiger partial charge in [0.15, 0.2) is 0 Å². The minimum Gasteiger partial charge on any atom is -0.379 e. The zero-order valence-corrected chi connectivity index (χ0v) is 13.9. The van der Waals surface area contributed by atoms with Crippen LogP contribution in [0, 0.1) is 12.3 Å². The van der Waals surface area contributed by atoms with E-state index in [0.717, 1.165) is 0 Å². The summed E-state index contributed by atoms with van der Waals surface area (Å²) in [7, 11) is -3.65. The van der Waals surface area contributed by atoms with Crippen molar-refractivity contribution in [2.45, 2.75) is 18.2 Å². The first kappa shape index (κ1) is 17.5. The first-order valence-electron chi connectivity index (χ1n) is 7.43. The molecule has 1 amide bonds. The number of aryl methyl sites for hydroxylation is 1. The number of carbonyl (C=O) groups excluding carboxylic acids is 1. The van der Waals surface area contributed by atoms with Crippen molar-refractivity contribution in [2.24, 2.45) is 0 Å². The van der Waals surface area contributed by atoms with Gasteiger partial charge in [-0.3, -0.25) is 4.79 Å². The number of ether oxygens (including phenoxy) is 1. The highest BCUT2D eigenvalue weighted by Gasteiger charge is 2.28. The third-order valence-electron chi connectivity index (χ3n) is 3.65. The lowest BCUT2D eigenvalue weighted by Gasteiger charge is -2.27. The fraction of sp³-hybridized carbons (Fsp3) is 0.438. The average molecular weight is 336 g/mol. The van der Waals surface area contributed by atoms with Crippen LogP contribution in [-0.4, -0.2) is 51.5 Å². The molecule has 124 valence electrons. The van der Waals surface area contributed by atoms with Gasteiger partial charge in [-0.15, -0.1) is 6.42 Å². The lowest BCUT2D eigenvalue weighted by atomic mass is 10.1. The van der Waals surface area contributed by atoms with E-state index in [1.54, 1.807) is 12.1 Å². The molecule has 1 aliphatic rings. The average Bonchev–Trinajstić information content (AvgIpc) is 2.59. The molecule has 1 aliphatic heterocycles. The standard InChI is InChI=1S/C16H20N2O4S/c1-3-7-17-16(19)14-6-5-13(4-2)15(12-14)23(20,21)18-8-10-22-11-9-18/h1,5-6,12H,4,7-11H2,2H3,(H,17,19). The molecule has 0 saturated carbocycles. The van der Waals surface area contributed by atoms with Crippen LogP contribution in [0.25, 0.3) is 0 Å². The molecule has 7 heteroatoms. The Morgan fingerprint density at radius 3 is 2.70 bits per heavy atom. The lowest BCUT2D eigenvalue weighted by Crippen LogP contribution is -2.41. The number of terminal acetylenes is 1. The number of morpholine rings is 1. The predicted molar refractivity (Wildman–Crippen MR) is 86.6 cm³/mol. The van der Waals surface area contributed by atoms with Gasteiger partial charge in [0.05, 0.1) is 24.7 Å². The van der Waals surface area contributed by atoms with Gasteiger partial charge in [-0.05, 0) is 24.1 Å². The SMILES string of the molecule is C#CCNC(=O)c1ccc(CC)c(S(=O)(=O)N2CCOCC2)c1. The number of rotatable bonds is 5. The molecule has 0 bridgehead atoms. The molecule has 1 aromatic carbocycles. The van der Waals surface area contributed by atoms with E-state index in [-0.39, 0.29) is 22.9 Å². The van der Waals surface area contributed by atoms with Crippen LogP contribution in [0.3, 0.4) is 0 Å². The summed E-state index contributed by atoms with van der Waals surface area (Å²) in [4.78, 5) is 12.2. The van der Waals surface area contributed by atoms with Crippen molar-refractivity contribution in [3.63, 3.8) is 0 Å². The molecule has 0 atom stereocenters. The Balaban J connectivity index is 2.39. The van der Waals surface area contributed by atoms with E-state index in [9.17, 15) is 13.2 Å². The third kappa shape index (κ3) is 3.91. The van der Waals surface area contributed by atoms with Gasteiger partial charge in [0, 0.05) is 18.7 Å². The summed E-state index contributed by atoms with van der Waals surface area (Å²) >= 11 is 0. The Labute approximate surface area is 136 Å². The van der Waals surface area contributed by atoms with Gasteiger partial charge >= 0.3 is 0 Å². The molecule has 1 N–H and O–H groups in total. The maximum atomic E-state index is 12.9. The molecule has 1 saturated heterocycles. The summed E-state index contributed by atoms with van der Waals surface area (Å²) in [6.07, 6.45) is 5.68. The molecular weight excluding hydrogens is 316 g/mol. The molecule has 6 nitrogen and oxygen atoms in total. The molecule has 0 radical (unpaired) electrons. The first-order chi connectivity index (χ1) is 11.0. The van der Waals surface area contributed by atoms with E-state index < -0.39 is 10.0 Å². The Morgan fingerprint density at radius 1 is 1.39 bits per heavy atom. The minimum absolute atomic E-state index is 0.0971. The number of nitrogens with one attached hydrogen (secondary N) is 1. The number of hydrogen-bond acceptors (Lipinski definition) is 4. The van der Waals surface area contributed by atoms with Crippen molar-refractivity contribution in [3.8, 4) is 12.3 Å². The van der Waals surface area contributed by atoms with Crippen molar-refractivity contribution >= 4 is 15.9 Å². The van der Waals surface area contributed by atoms with E-state index in [1.165, 1.54) is 10.4 Å². The van der Waals surface area contributed by atoms with E-state index in [0.29, 0.717) is 38.3 Å². The van der Waals surface area contributed by atoms with E-state index in [1.807, 2.05) is 6.92 Å². The number of nitrogens with zero attached hydrogens (tertiary/aromatic N) is 1. The lowest BCUT2D eigenvalue weighted by molar-refractivity contribution is 0.0730. The fourth-order valence-corrected chi connectivity index (χ4v) is 4.11. The topological polar surface area (TPSA) is 75.7 Å². The maximum Gasteiger partial charge on any atom is 0.252 e. The van der Waals surface area contributed by atoms with Gasteiger partial charge in [-0.25, -0.2) is 8.42 Å². The normalized spacial score (nSPS) is 15.8. The second-order valence-electron chi connectivity index (χ2n) is 5.08. The quantitative estimate of drug-likeness (QED) is 0.801. The van der Waals surface area contributed by atoms with Crippen molar-refractivity contribution in [3.05, 3.63) is 29.3 Å². The van der Waals surface area contributed by atoms with Crippen molar-refractivity contribution in [2.75, 3.05) is 32.8 Å². The van der Waals surface area contributed by atoms with Gasteiger partial charge in [0.25, 0.3) is 5.91 Å². The molecule has 0 spiro atoms. The van der Waals surface area contributed by atoms with Gasteiger partial charge in [0.1, 0.15) is 0 Å². The molecule has 1 aromatic rings. The maximum absolute atomic E-state index is 12.9. The number of benzene rings is 1. The highest BCUT2D eigenvalue weighted by Crippen LogP contribution is 2.23. The predicted octanol–water partition coefficient (Wildman–Crippen LogP) is 0.633. The minimum atomic E-state index is -3.65. The van der Waals surface area contributed by atoms with Crippen LogP contribution in [0.2, 0.25) is 0 Å². The summed E-state index contributed by atoms with van der Waals surface area (Å²) < 4.78 is 32.3. The molecule has 0 aromatic heterocycles. The van der Waals surface area contributed by atoms with E-state index in [2.05, 4.69) is 11.2 Å². The van der Waals surface area contributed by atoms with Crippen LogP contribution in [0.1, 0.15) is 22.8 Å². The summed E-state index contributed by atoms with van der Waals surface area (Å²) in [5.74, 6) is 1.93. The smallest absolute Gasteiger partial charge is 0.252 e. The van der Waals surface area contributed by atoms with Crippen LogP contribution in [0.5, 0.6) is 0 Å². The Hall–Kier alpha value is -1.88. The summed E-state index contributed by atoms with van der Waals surface area (Å²) in [6, 6.07) is 4.72. The molecular formula is C16H20N2O4S. The van der Waals surface area contributed by atoms with Crippen molar-refractivity contribution in [1.29, 1.82) is 0 Å². The van der Waals surface area contributed by atoms with Crippen LogP contribution in [0.15, 0.2) is 23.1 Å². The van der Waals surface area contributed by atoms with Gasteiger partial charge < -0.3 is 10.1 Å². The molecule has 23 heavy (non-hydrogen) atoms. The molecule has 2 rings (SSSR count). The monoisotopic (exact) mass is 336 g/mol. The van der Waals surface area contributed by atoms with Crippen LogP contribution < -0.4 is 5.32 Å². The Morgan fingerprint density at radius 2 is 2.09 bits per heavy atom. The second-order valence-corrected chi connectivity index (χ2v) is 6.99. The molecule has 1 heterocycles. The highest BCUT2D eigenvalue weighted by molar-refractivity contribution is 7.89. The number of carbonyl (C=O) groups is 1.